The van der Waals surface area contributed by atoms with Crippen LogP contribution in [0.3, 0.4) is 0 Å². The molecule has 2 fully saturated rings. The lowest BCUT2D eigenvalue weighted by atomic mass is 10.0. The van der Waals surface area contributed by atoms with Crippen molar-refractivity contribution in [2.24, 2.45) is 11.8 Å². The second-order valence-corrected chi connectivity index (χ2v) is 8.21. The van der Waals surface area contributed by atoms with Gasteiger partial charge < -0.3 is 4.57 Å². The quantitative estimate of drug-likeness (QED) is 0.665. The third-order valence-corrected chi connectivity index (χ3v) is 8.40. The SMILES string of the molecule is C[C@@H]1C2CC[C@@H]1CP2(=O)c1ccccc1. The van der Waals surface area contributed by atoms with E-state index >= 15 is 0 Å². The van der Waals surface area contributed by atoms with Gasteiger partial charge in [-0.05, 0) is 24.7 Å². The highest BCUT2D eigenvalue weighted by molar-refractivity contribution is 7.72. The van der Waals surface area contributed by atoms with Gasteiger partial charge in [-0.1, -0.05) is 37.3 Å². The van der Waals surface area contributed by atoms with Crippen molar-refractivity contribution in [3.63, 3.8) is 0 Å². The van der Waals surface area contributed by atoms with Crippen molar-refractivity contribution >= 4 is 12.4 Å². The number of benzene rings is 1. The minimum atomic E-state index is -2.04. The van der Waals surface area contributed by atoms with Crippen LogP contribution in [0.25, 0.3) is 0 Å². The van der Waals surface area contributed by atoms with Crippen LogP contribution < -0.4 is 5.30 Å². The van der Waals surface area contributed by atoms with Crippen LogP contribution in [0, 0.1) is 11.8 Å². The van der Waals surface area contributed by atoms with Crippen LogP contribution in [0.2, 0.25) is 0 Å². The number of hydrogen-bond acceptors (Lipinski definition) is 1. The molecule has 0 spiro atoms. The maximum atomic E-state index is 13.0. The molecule has 1 aromatic carbocycles. The first-order valence-electron chi connectivity index (χ1n) is 5.86. The van der Waals surface area contributed by atoms with Gasteiger partial charge in [0.25, 0.3) is 0 Å². The Morgan fingerprint density at radius 3 is 2.47 bits per heavy atom. The van der Waals surface area contributed by atoms with E-state index in [1.165, 1.54) is 12.8 Å². The molecule has 0 N–H and O–H groups in total. The van der Waals surface area contributed by atoms with Crippen LogP contribution in [0.5, 0.6) is 0 Å². The third kappa shape index (κ3) is 1.26. The highest BCUT2D eigenvalue weighted by Gasteiger charge is 2.53. The second-order valence-electron chi connectivity index (χ2n) is 5.08. The smallest absolute Gasteiger partial charge is 0.119 e. The van der Waals surface area contributed by atoms with Gasteiger partial charge in [0.05, 0.1) is 0 Å². The molecule has 15 heavy (non-hydrogen) atoms. The van der Waals surface area contributed by atoms with Crippen LogP contribution >= 0.6 is 7.14 Å². The van der Waals surface area contributed by atoms with E-state index in [1.54, 1.807) is 0 Å². The van der Waals surface area contributed by atoms with Gasteiger partial charge in [-0.3, -0.25) is 0 Å². The van der Waals surface area contributed by atoms with Crippen molar-refractivity contribution in [2.75, 3.05) is 6.16 Å². The van der Waals surface area contributed by atoms with E-state index in [9.17, 15) is 4.57 Å². The lowest BCUT2D eigenvalue weighted by molar-refractivity contribution is 0.491. The summed E-state index contributed by atoms with van der Waals surface area (Å²) < 4.78 is 13.0. The number of hydrogen-bond donors (Lipinski definition) is 0. The van der Waals surface area contributed by atoms with Crippen LogP contribution in [0.15, 0.2) is 30.3 Å². The van der Waals surface area contributed by atoms with Crippen molar-refractivity contribution < 1.29 is 4.57 Å². The second kappa shape index (κ2) is 3.22. The summed E-state index contributed by atoms with van der Waals surface area (Å²) in [4.78, 5) is 0. The molecule has 0 aromatic heterocycles. The van der Waals surface area contributed by atoms with E-state index in [1.807, 2.05) is 18.2 Å². The summed E-state index contributed by atoms with van der Waals surface area (Å²) in [5.41, 5.74) is 0.491. The molecule has 1 aliphatic heterocycles. The molecule has 1 aliphatic carbocycles. The maximum Gasteiger partial charge on any atom is 0.119 e. The van der Waals surface area contributed by atoms with Crippen molar-refractivity contribution in [1.82, 2.24) is 0 Å². The molecule has 1 nitrogen and oxygen atoms in total. The highest BCUT2D eigenvalue weighted by Crippen LogP contribution is 2.67. The van der Waals surface area contributed by atoms with Crippen LogP contribution in [-0.4, -0.2) is 11.8 Å². The normalized spacial score (nSPS) is 43.4. The predicted octanol–water partition coefficient (Wildman–Crippen LogP) is 3.10. The Hall–Kier alpha value is -0.550. The Labute approximate surface area is 91.3 Å². The fourth-order valence-corrected chi connectivity index (χ4v) is 7.85. The van der Waals surface area contributed by atoms with Crippen molar-refractivity contribution in [2.45, 2.75) is 25.4 Å². The zero-order valence-corrected chi connectivity index (χ0v) is 9.99. The minimum absolute atomic E-state index is 0.491. The average Bonchev–Trinajstić information content (AvgIpc) is 2.74. The lowest BCUT2D eigenvalue weighted by Gasteiger charge is -2.23. The van der Waals surface area contributed by atoms with Gasteiger partial charge in [-0.2, -0.15) is 0 Å². The number of fused-ring (bicyclic) bond motifs is 2. The number of rotatable bonds is 1. The largest absolute Gasteiger partial charge is 0.318 e. The van der Waals surface area contributed by atoms with Gasteiger partial charge in [0.2, 0.25) is 0 Å². The molecular weight excluding hydrogens is 203 g/mol. The zero-order valence-electron chi connectivity index (χ0n) is 9.10. The summed E-state index contributed by atoms with van der Waals surface area (Å²) in [5, 5.41) is 1.13. The first kappa shape index (κ1) is 9.66. The Morgan fingerprint density at radius 2 is 1.93 bits per heavy atom. The molecule has 2 bridgehead atoms. The first-order chi connectivity index (χ1) is 7.22. The monoisotopic (exact) mass is 220 g/mol. The molecule has 2 unspecified atom stereocenters. The summed E-state index contributed by atoms with van der Waals surface area (Å²) in [6, 6.07) is 10.2. The summed E-state index contributed by atoms with van der Waals surface area (Å²) >= 11 is 0. The summed E-state index contributed by atoms with van der Waals surface area (Å²) in [7, 11) is -2.04. The first-order valence-corrected chi connectivity index (χ1v) is 7.82. The standard InChI is InChI=1S/C13H17OP/c1-10-11-7-8-13(10)15(14,9-11)12-5-3-2-4-6-12/h2-6,10-11,13H,7-9H2,1H3/t10-,11+,13?,15?/m0/s1. The Bertz CT molecular complexity index is 412. The third-order valence-electron chi connectivity index (χ3n) is 4.42. The Morgan fingerprint density at radius 1 is 1.20 bits per heavy atom. The predicted molar refractivity (Wildman–Crippen MR) is 64.2 cm³/mol. The average molecular weight is 220 g/mol. The van der Waals surface area contributed by atoms with E-state index < -0.39 is 7.14 Å². The molecule has 0 amide bonds. The summed E-state index contributed by atoms with van der Waals surface area (Å²) in [6.45, 7) is 2.30. The molecular formula is C13H17OP. The maximum absolute atomic E-state index is 13.0. The summed E-state index contributed by atoms with van der Waals surface area (Å²) in [5.74, 6) is 1.43. The van der Waals surface area contributed by atoms with E-state index in [-0.39, 0.29) is 0 Å². The Balaban J connectivity index is 2.04. The van der Waals surface area contributed by atoms with Crippen molar-refractivity contribution in [3.05, 3.63) is 30.3 Å². The topological polar surface area (TPSA) is 17.1 Å². The molecule has 1 saturated heterocycles. The lowest BCUT2D eigenvalue weighted by Crippen LogP contribution is -2.16. The highest BCUT2D eigenvalue weighted by atomic mass is 31.2. The fraction of sp³-hybridized carbons (Fsp3) is 0.538. The van der Waals surface area contributed by atoms with Crippen molar-refractivity contribution in [1.29, 1.82) is 0 Å². The van der Waals surface area contributed by atoms with E-state index in [0.717, 1.165) is 17.4 Å². The summed E-state index contributed by atoms with van der Waals surface area (Å²) in [6.07, 6.45) is 3.48. The minimum Gasteiger partial charge on any atom is -0.318 e. The van der Waals surface area contributed by atoms with Gasteiger partial charge in [-0.25, -0.2) is 0 Å². The van der Waals surface area contributed by atoms with Crippen LogP contribution in [-0.2, 0) is 4.57 Å². The molecule has 2 heteroatoms. The van der Waals surface area contributed by atoms with Gasteiger partial charge in [0.15, 0.2) is 0 Å². The molecule has 1 aromatic rings. The molecule has 3 rings (SSSR count). The Kier molecular flexibility index (Phi) is 2.07. The van der Waals surface area contributed by atoms with Gasteiger partial charge in [0, 0.05) is 17.1 Å². The van der Waals surface area contributed by atoms with Gasteiger partial charge in [0.1, 0.15) is 7.14 Å². The molecule has 2 aliphatic rings. The van der Waals surface area contributed by atoms with Crippen LogP contribution in [0.1, 0.15) is 19.8 Å². The molecule has 4 atom stereocenters. The van der Waals surface area contributed by atoms with Crippen molar-refractivity contribution in [3.8, 4) is 0 Å². The molecule has 1 heterocycles. The van der Waals surface area contributed by atoms with Gasteiger partial charge >= 0.3 is 0 Å². The van der Waals surface area contributed by atoms with Gasteiger partial charge in [-0.15, -0.1) is 0 Å². The van der Waals surface area contributed by atoms with E-state index in [0.29, 0.717) is 11.6 Å². The molecule has 80 valence electrons. The van der Waals surface area contributed by atoms with E-state index in [2.05, 4.69) is 19.1 Å². The fourth-order valence-electron chi connectivity index (χ4n) is 3.53. The zero-order chi connectivity index (χ0) is 10.5. The van der Waals surface area contributed by atoms with E-state index in [4.69, 9.17) is 0 Å². The van der Waals surface area contributed by atoms with Crippen LogP contribution in [0.4, 0.5) is 0 Å². The molecule has 1 saturated carbocycles. The molecule has 0 radical (unpaired) electrons.